The van der Waals surface area contributed by atoms with Crippen molar-refractivity contribution in [2.24, 2.45) is 7.05 Å². The summed E-state index contributed by atoms with van der Waals surface area (Å²) in [6.45, 7) is 2.68. The molecule has 2 aliphatic heterocycles. The summed E-state index contributed by atoms with van der Waals surface area (Å²) in [6.07, 6.45) is 0.162. The Kier molecular flexibility index (Phi) is 4.23. The topological polar surface area (TPSA) is 84.7 Å². The van der Waals surface area contributed by atoms with Gasteiger partial charge < -0.3 is 4.74 Å². The minimum absolute atomic E-state index is 0.161. The van der Waals surface area contributed by atoms with Crippen molar-refractivity contribution in [3.8, 4) is 0 Å². The molecule has 144 valence electrons. The van der Waals surface area contributed by atoms with Crippen molar-refractivity contribution in [1.29, 1.82) is 0 Å². The van der Waals surface area contributed by atoms with E-state index in [9.17, 15) is 13.2 Å². The fraction of sp³-hybridized carbons (Fsp3) is 0.444. The average molecular weight is 390 g/mol. The molecule has 2 aromatic rings. The molecule has 2 saturated heterocycles. The molecular formula is C18H22N4O4S. The number of fused-ring (bicyclic) bond motifs is 1. The molecule has 1 unspecified atom stereocenters. The monoisotopic (exact) mass is 390 g/mol. The number of ether oxygens (including phenoxy) is 1. The third-order valence-corrected chi connectivity index (χ3v) is 7.14. The van der Waals surface area contributed by atoms with Gasteiger partial charge >= 0.3 is 6.09 Å². The minimum Gasteiger partial charge on any atom is -0.447 e. The Morgan fingerprint density at radius 3 is 2.63 bits per heavy atom. The number of hydrogen-bond donors (Lipinski definition) is 0. The van der Waals surface area contributed by atoms with Gasteiger partial charge in [0.1, 0.15) is 6.61 Å². The van der Waals surface area contributed by atoms with Crippen LogP contribution >= 0.6 is 0 Å². The first-order valence-corrected chi connectivity index (χ1v) is 10.2. The first-order chi connectivity index (χ1) is 12.8. The molecule has 1 aromatic heterocycles. The maximum Gasteiger partial charge on any atom is 0.410 e. The Morgan fingerprint density at radius 2 is 1.96 bits per heavy atom. The molecule has 27 heavy (non-hydrogen) atoms. The summed E-state index contributed by atoms with van der Waals surface area (Å²) in [4.78, 5) is 13.9. The molecule has 0 spiro atoms. The van der Waals surface area contributed by atoms with Crippen molar-refractivity contribution in [2.45, 2.75) is 23.9 Å². The highest BCUT2D eigenvalue weighted by Gasteiger charge is 2.53. The molecule has 0 N–H and O–H groups in total. The third-order valence-electron chi connectivity index (χ3n) is 5.24. The lowest BCUT2D eigenvalue weighted by Gasteiger charge is -2.44. The summed E-state index contributed by atoms with van der Waals surface area (Å²) in [7, 11) is -2.10. The molecule has 0 bridgehead atoms. The number of aromatic nitrogens is 2. The van der Waals surface area contributed by atoms with E-state index >= 15 is 0 Å². The molecule has 0 aliphatic carbocycles. The van der Waals surface area contributed by atoms with Crippen LogP contribution in [0.25, 0.3) is 0 Å². The van der Waals surface area contributed by atoms with E-state index in [1.165, 1.54) is 8.99 Å². The number of cyclic esters (lactones) is 1. The predicted molar refractivity (Wildman–Crippen MR) is 97.6 cm³/mol. The van der Waals surface area contributed by atoms with Gasteiger partial charge in [0.2, 0.25) is 0 Å². The number of nitrogens with zero attached hydrogens (tertiary/aromatic N) is 4. The number of amides is 1. The van der Waals surface area contributed by atoms with Gasteiger partial charge in [-0.05, 0) is 18.6 Å². The normalized spacial score (nSPS) is 23.3. The number of hydrogen-bond acceptors (Lipinski definition) is 5. The molecule has 1 atom stereocenters. The third kappa shape index (κ3) is 3.00. The molecule has 4 rings (SSSR count). The second-order valence-corrected chi connectivity index (χ2v) is 9.06. The zero-order valence-electron chi connectivity index (χ0n) is 15.3. The van der Waals surface area contributed by atoms with Gasteiger partial charge in [-0.25, -0.2) is 13.2 Å². The number of carbonyl (C=O) groups excluding carboxylic acids is 1. The van der Waals surface area contributed by atoms with Crippen LogP contribution in [0, 0.1) is 6.92 Å². The van der Waals surface area contributed by atoms with E-state index in [0.29, 0.717) is 18.7 Å². The number of aryl methyl sites for hydroxylation is 2. The van der Waals surface area contributed by atoms with E-state index in [2.05, 4.69) is 5.10 Å². The highest BCUT2D eigenvalue weighted by atomic mass is 32.2. The molecule has 2 fully saturated rings. The van der Waals surface area contributed by atoms with Crippen LogP contribution in [0.4, 0.5) is 4.79 Å². The maximum atomic E-state index is 13.2. The van der Waals surface area contributed by atoms with E-state index in [4.69, 9.17) is 4.74 Å². The van der Waals surface area contributed by atoms with Crippen molar-refractivity contribution in [3.63, 3.8) is 0 Å². The van der Waals surface area contributed by atoms with Gasteiger partial charge in [-0.3, -0.25) is 9.58 Å². The number of rotatable bonds is 4. The zero-order valence-corrected chi connectivity index (χ0v) is 16.1. The van der Waals surface area contributed by atoms with Crippen LogP contribution in [-0.4, -0.2) is 65.3 Å². The molecule has 1 amide bonds. The first-order valence-electron chi connectivity index (χ1n) is 8.81. The van der Waals surface area contributed by atoms with Crippen LogP contribution in [0.5, 0.6) is 0 Å². The lowest BCUT2D eigenvalue weighted by Crippen LogP contribution is -2.63. The largest absolute Gasteiger partial charge is 0.447 e. The molecule has 1 aromatic carbocycles. The van der Waals surface area contributed by atoms with Gasteiger partial charge in [0.25, 0.3) is 10.0 Å². The van der Waals surface area contributed by atoms with E-state index < -0.39 is 15.6 Å². The molecule has 3 heterocycles. The number of sulfonamides is 1. The van der Waals surface area contributed by atoms with E-state index in [1.54, 1.807) is 24.9 Å². The quantitative estimate of drug-likeness (QED) is 0.782. The Labute approximate surface area is 158 Å². The van der Waals surface area contributed by atoms with Crippen molar-refractivity contribution in [3.05, 3.63) is 47.7 Å². The van der Waals surface area contributed by atoms with Crippen molar-refractivity contribution >= 4 is 16.1 Å². The highest BCUT2D eigenvalue weighted by Crippen LogP contribution is 2.34. The molecule has 0 saturated carbocycles. The molecule has 9 heteroatoms. The van der Waals surface area contributed by atoms with Crippen LogP contribution in [0.1, 0.15) is 11.3 Å². The van der Waals surface area contributed by atoms with Crippen LogP contribution in [0.15, 0.2) is 41.4 Å². The van der Waals surface area contributed by atoms with Crippen molar-refractivity contribution in [2.75, 3.05) is 26.2 Å². The van der Waals surface area contributed by atoms with Gasteiger partial charge in [0, 0.05) is 33.1 Å². The fourth-order valence-electron chi connectivity index (χ4n) is 3.97. The van der Waals surface area contributed by atoms with Crippen LogP contribution < -0.4 is 0 Å². The number of benzene rings is 1. The van der Waals surface area contributed by atoms with Gasteiger partial charge in [0.15, 0.2) is 5.03 Å². The van der Waals surface area contributed by atoms with E-state index in [1.807, 2.05) is 30.3 Å². The van der Waals surface area contributed by atoms with Gasteiger partial charge in [0.05, 0.1) is 11.2 Å². The minimum atomic E-state index is -3.72. The van der Waals surface area contributed by atoms with Crippen molar-refractivity contribution in [1.82, 2.24) is 19.0 Å². The molecular weight excluding hydrogens is 368 g/mol. The fourth-order valence-corrected chi connectivity index (χ4v) is 5.66. The second-order valence-electron chi connectivity index (χ2n) is 7.18. The van der Waals surface area contributed by atoms with Crippen LogP contribution in [-0.2, 0) is 28.2 Å². The Hall–Kier alpha value is -2.39. The lowest BCUT2D eigenvalue weighted by atomic mass is 9.89. The molecule has 2 aliphatic rings. The Balaban J connectivity index is 1.68. The SMILES string of the molecule is Cc1cc(S(=O)(=O)N2CCN3C(=O)OCC3(Cc3ccccc3)C2)n(C)n1. The molecule has 0 radical (unpaired) electrons. The zero-order chi connectivity index (χ0) is 19.2. The van der Waals surface area contributed by atoms with Crippen LogP contribution in [0.2, 0.25) is 0 Å². The first kappa shape index (κ1) is 18.0. The van der Waals surface area contributed by atoms with Gasteiger partial charge in [-0.15, -0.1) is 0 Å². The highest BCUT2D eigenvalue weighted by molar-refractivity contribution is 7.89. The number of piperazine rings is 1. The lowest BCUT2D eigenvalue weighted by molar-refractivity contribution is 0.0915. The maximum absolute atomic E-state index is 13.2. The molecule has 8 nitrogen and oxygen atoms in total. The summed E-state index contributed by atoms with van der Waals surface area (Å²) in [5, 5.41) is 4.32. The van der Waals surface area contributed by atoms with E-state index in [0.717, 1.165) is 5.56 Å². The predicted octanol–water partition coefficient (Wildman–Crippen LogP) is 1.17. The Bertz CT molecular complexity index is 973. The second kappa shape index (κ2) is 6.35. The summed E-state index contributed by atoms with van der Waals surface area (Å²) < 4.78 is 34.6. The summed E-state index contributed by atoms with van der Waals surface area (Å²) >= 11 is 0. The van der Waals surface area contributed by atoms with Crippen LogP contribution in [0.3, 0.4) is 0 Å². The standard InChI is InChI=1S/C18H22N4O4S/c1-14-10-16(20(2)19-14)27(24,25)21-8-9-22-17(23)26-13-18(22,12-21)11-15-6-4-3-5-7-15/h3-7,10H,8-9,11-13H2,1-2H3. The smallest absolute Gasteiger partial charge is 0.410 e. The summed E-state index contributed by atoms with van der Waals surface area (Å²) in [5.74, 6) is 0. The van der Waals surface area contributed by atoms with Gasteiger partial charge in [-0.1, -0.05) is 30.3 Å². The van der Waals surface area contributed by atoms with Gasteiger partial charge in [-0.2, -0.15) is 9.40 Å². The summed E-state index contributed by atoms with van der Waals surface area (Å²) in [6, 6.07) is 11.3. The summed E-state index contributed by atoms with van der Waals surface area (Å²) in [5.41, 5.74) is 0.988. The van der Waals surface area contributed by atoms with E-state index in [-0.39, 0.29) is 30.8 Å². The Morgan fingerprint density at radius 1 is 1.22 bits per heavy atom. The average Bonchev–Trinajstić information content (AvgIpc) is 3.15. The number of carbonyl (C=O) groups is 1. The van der Waals surface area contributed by atoms with Crippen molar-refractivity contribution < 1.29 is 17.9 Å².